The first kappa shape index (κ1) is 17.4. The van der Waals surface area contributed by atoms with Gasteiger partial charge < -0.3 is 4.42 Å². The summed E-state index contributed by atoms with van der Waals surface area (Å²) in [5, 5.41) is 23.1. The zero-order valence-electron chi connectivity index (χ0n) is 14.5. The lowest BCUT2D eigenvalue weighted by Gasteiger charge is -2.18. The SMILES string of the molecule is O=[N+]([O-])c1ccc(C=Cc2nc(N(O)c3ccccc3)c3ccccc3n2)o1. The number of benzene rings is 2. The number of hydrogen-bond acceptors (Lipinski definition) is 7. The first-order valence-electron chi connectivity index (χ1n) is 8.35. The van der Waals surface area contributed by atoms with Crippen molar-refractivity contribution in [2.45, 2.75) is 0 Å². The Morgan fingerprint density at radius 1 is 0.964 bits per heavy atom. The molecule has 0 aliphatic carbocycles. The molecule has 8 heteroatoms. The van der Waals surface area contributed by atoms with Crippen LogP contribution >= 0.6 is 0 Å². The highest BCUT2D eigenvalue weighted by atomic mass is 16.6. The Morgan fingerprint density at radius 3 is 2.46 bits per heavy atom. The van der Waals surface area contributed by atoms with Gasteiger partial charge in [-0.1, -0.05) is 30.3 Å². The van der Waals surface area contributed by atoms with Gasteiger partial charge >= 0.3 is 5.88 Å². The molecule has 0 atom stereocenters. The fourth-order valence-corrected chi connectivity index (χ4v) is 2.69. The molecule has 0 amide bonds. The number of fused-ring (bicyclic) bond motifs is 1. The van der Waals surface area contributed by atoms with Crippen molar-refractivity contribution in [2.75, 3.05) is 5.06 Å². The van der Waals surface area contributed by atoms with Crippen molar-refractivity contribution in [1.82, 2.24) is 9.97 Å². The van der Waals surface area contributed by atoms with Crippen molar-refractivity contribution in [3.63, 3.8) is 0 Å². The van der Waals surface area contributed by atoms with Crippen molar-refractivity contribution in [3.8, 4) is 0 Å². The molecule has 0 saturated carbocycles. The van der Waals surface area contributed by atoms with E-state index < -0.39 is 4.92 Å². The highest BCUT2D eigenvalue weighted by molar-refractivity contribution is 5.91. The Balaban J connectivity index is 1.75. The molecule has 2 heterocycles. The maximum atomic E-state index is 10.7. The smallest absolute Gasteiger partial charge is 0.401 e. The fourth-order valence-electron chi connectivity index (χ4n) is 2.69. The summed E-state index contributed by atoms with van der Waals surface area (Å²) in [7, 11) is 0. The first-order valence-corrected chi connectivity index (χ1v) is 8.35. The van der Waals surface area contributed by atoms with Gasteiger partial charge in [0.05, 0.1) is 17.3 Å². The Kier molecular flexibility index (Phi) is 4.53. The van der Waals surface area contributed by atoms with Crippen LogP contribution in [0.15, 0.2) is 71.1 Å². The summed E-state index contributed by atoms with van der Waals surface area (Å²) < 4.78 is 5.10. The maximum absolute atomic E-state index is 10.7. The predicted octanol–water partition coefficient (Wildman–Crippen LogP) is 4.83. The first-order chi connectivity index (χ1) is 13.6. The number of hydrogen-bond donors (Lipinski definition) is 1. The molecular weight excluding hydrogens is 360 g/mol. The lowest BCUT2D eigenvalue weighted by atomic mass is 10.2. The van der Waals surface area contributed by atoms with E-state index in [4.69, 9.17) is 4.42 Å². The summed E-state index contributed by atoms with van der Waals surface area (Å²) in [6, 6.07) is 19.1. The molecule has 0 bridgehead atoms. The Morgan fingerprint density at radius 2 is 1.71 bits per heavy atom. The molecule has 28 heavy (non-hydrogen) atoms. The van der Waals surface area contributed by atoms with E-state index in [1.165, 1.54) is 18.2 Å². The fraction of sp³-hybridized carbons (Fsp3) is 0. The van der Waals surface area contributed by atoms with Crippen LogP contribution in [0.3, 0.4) is 0 Å². The van der Waals surface area contributed by atoms with Crippen molar-refractivity contribution >= 4 is 40.4 Å². The molecule has 0 aliphatic heterocycles. The Bertz CT molecular complexity index is 1170. The van der Waals surface area contributed by atoms with Crippen LogP contribution in [0.25, 0.3) is 23.1 Å². The van der Waals surface area contributed by atoms with Gasteiger partial charge in [0, 0.05) is 5.39 Å². The number of nitro groups is 1. The van der Waals surface area contributed by atoms with E-state index in [9.17, 15) is 15.3 Å². The minimum atomic E-state index is -0.606. The maximum Gasteiger partial charge on any atom is 0.433 e. The van der Waals surface area contributed by atoms with Crippen LogP contribution in [-0.4, -0.2) is 20.1 Å². The van der Waals surface area contributed by atoms with Gasteiger partial charge in [0.2, 0.25) is 0 Å². The topological polar surface area (TPSA) is 106 Å². The van der Waals surface area contributed by atoms with Crippen LogP contribution in [0, 0.1) is 10.1 Å². The van der Waals surface area contributed by atoms with Crippen LogP contribution in [0.5, 0.6) is 0 Å². The number of nitrogens with zero attached hydrogens (tertiary/aromatic N) is 4. The summed E-state index contributed by atoms with van der Waals surface area (Å²) in [6.07, 6.45) is 3.10. The summed E-state index contributed by atoms with van der Waals surface area (Å²) in [5.41, 5.74) is 1.20. The van der Waals surface area contributed by atoms with Crippen LogP contribution < -0.4 is 5.06 Å². The second-order valence-electron chi connectivity index (χ2n) is 5.84. The standard InChI is InChI=1S/C20H14N4O4/c25-23(14-6-2-1-3-7-14)20-16-8-4-5-9-17(16)21-18(22-20)12-10-15-11-13-19(28-15)24(26)27/h1-13,25H. The molecule has 0 fully saturated rings. The molecule has 0 unspecified atom stereocenters. The van der Waals surface area contributed by atoms with Crippen LogP contribution in [-0.2, 0) is 0 Å². The van der Waals surface area contributed by atoms with Gasteiger partial charge in [0.15, 0.2) is 11.6 Å². The average molecular weight is 374 g/mol. The van der Waals surface area contributed by atoms with Gasteiger partial charge in [-0.25, -0.2) is 15.0 Å². The lowest BCUT2D eigenvalue weighted by molar-refractivity contribution is -0.402. The van der Waals surface area contributed by atoms with Gasteiger partial charge in [-0.15, -0.1) is 0 Å². The molecule has 0 aliphatic rings. The van der Waals surface area contributed by atoms with Crippen LogP contribution in [0.2, 0.25) is 0 Å². The second-order valence-corrected chi connectivity index (χ2v) is 5.84. The van der Waals surface area contributed by atoms with Crippen molar-refractivity contribution in [1.29, 1.82) is 0 Å². The zero-order chi connectivity index (χ0) is 19.5. The third kappa shape index (κ3) is 3.44. The third-order valence-electron chi connectivity index (χ3n) is 3.99. The van der Waals surface area contributed by atoms with Gasteiger partial charge in [-0.2, -0.15) is 0 Å². The van der Waals surface area contributed by atoms with E-state index >= 15 is 0 Å². The van der Waals surface area contributed by atoms with Crippen molar-refractivity contribution in [2.24, 2.45) is 0 Å². The molecule has 2 aromatic heterocycles. The highest BCUT2D eigenvalue weighted by Crippen LogP contribution is 2.28. The second kappa shape index (κ2) is 7.29. The number of aromatic nitrogens is 2. The van der Waals surface area contributed by atoms with E-state index in [-0.39, 0.29) is 5.88 Å². The highest BCUT2D eigenvalue weighted by Gasteiger charge is 2.14. The number of para-hydroxylation sites is 2. The molecule has 8 nitrogen and oxygen atoms in total. The third-order valence-corrected chi connectivity index (χ3v) is 3.99. The molecule has 0 saturated heterocycles. The van der Waals surface area contributed by atoms with E-state index in [1.54, 1.807) is 18.2 Å². The number of anilines is 2. The molecule has 4 aromatic rings. The van der Waals surface area contributed by atoms with Gasteiger partial charge in [0.25, 0.3) is 0 Å². The van der Waals surface area contributed by atoms with Gasteiger partial charge in [-0.3, -0.25) is 15.3 Å². The lowest BCUT2D eigenvalue weighted by Crippen LogP contribution is -2.13. The van der Waals surface area contributed by atoms with Gasteiger partial charge in [0.1, 0.15) is 10.7 Å². The minimum absolute atomic E-state index is 0.300. The average Bonchev–Trinajstić information content (AvgIpc) is 3.21. The monoisotopic (exact) mass is 374 g/mol. The zero-order valence-corrected chi connectivity index (χ0v) is 14.5. The van der Waals surface area contributed by atoms with E-state index in [0.29, 0.717) is 34.0 Å². The molecule has 0 radical (unpaired) electrons. The number of rotatable bonds is 5. The van der Waals surface area contributed by atoms with Crippen molar-refractivity contribution in [3.05, 3.63) is 88.4 Å². The molecule has 2 aromatic carbocycles. The largest absolute Gasteiger partial charge is 0.433 e. The quantitative estimate of drug-likeness (QED) is 0.394. The molecule has 4 rings (SSSR count). The van der Waals surface area contributed by atoms with Gasteiger partial charge in [-0.05, 0) is 42.5 Å². The van der Waals surface area contributed by atoms with Crippen LogP contribution in [0.1, 0.15) is 11.6 Å². The van der Waals surface area contributed by atoms with E-state index in [0.717, 1.165) is 5.06 Å². The summed E-state index contributed by atoms with van der Waals surface area (Å²) in [5.74, 6) is 0.601. The Labute approximate surface area is 159 Å². The number of furan rings is 1. The molecule has 1 N–H and O–H groups in total. The molecular formula is C20H14N4O4. The van der Waals surface area contributed by atoms with Crippen molar-refractivity contribution < 1.29 is 14.5 Å². The normalized spacial score (nSPS) is 11.2. The predicted molar refractivity (Wildman–Crippen MR) is 104 cm³/mol. The van der Waals surface area contributed by atoms with E-state index in [2.05, 4.69) is 9.97 Å². The summed E-state index contributed by atoms with van der Waals surface area (Å²) >= 11 is 0. The minimum Gasteiger partial charge on any atom is -0.401 e. The summed E-state index contributed by atoms with van der Waals surface area (Å²) in [4.78, 5) is 19.0. The molecule has 0 spiro atoms. The van der Waals surface area contributed by atoms with Crippen LogP contribution in [0.4, 0.5) is 17.4 Å². The Hall–Kier alpha value is -4.04. The summed E-state index contributed by atoms with van der Waals surface area (Å²) in [6.45, 7) is 0. The molecule has 138 valence electrons. The van der Waals surface area contributed by atoms with E-state index in [1.807, 2.05) is 42.5 Å².